The molecule has 33 heavy (non-hydrogen) atoms. The highest BCUT2D eigenvalue weighted by molar-refractivity contribution is 6.42. The molecule has 1 N–H and O–H groups in total. The Morgan fingerprint density at radius 3 is 2.67 bits per heavy atom. The zero-order valence-electron chi connectivity index (χ0n) is 18.5. The van der Waals surface area contributed by atoms with E-state index in [1.807, 2.05) is 42.5 Å². The van der Waals surface area contributed by atoms with Crippen molar-refractivity contribution < 1.29 is 14.4 Å². The Morgan fingerprint density at radius 1 is 1.15 bits per heavy atom. The lowest BCUT2D eigenvalue weighted by Gasteiger charge is -2.33. The van der Waals surface area contributed by atoms with Gasteiger partial charge >= 0.3 is 0 Å². The van der Waals surface area contributed by atoms with Crippen molar-refractivity contribution in [3.63, 3.8) is 0 Å². The van der Waals surface area contributed by atoms with Crippen LogP contribution in [-0.2, 0) is 0 Å². The summed E-state index contributed by atoms with van der Waals surface area (Å²) in [6.45, 7) is 4.41. The molecule has 1 fully saturated rings. The lowest BCUT2D eigenvalue weighted by atomic mass is 9.89. The summed E-state index contributed by atoms with van der Waals surface area (Å²) >= 11 is 12.2. The van der Waals surface area contributed by atoms with Crippen LogP contribution in [0.1, 0.15) is 41.6 Å². The van der Waals surface area contributed by atoms with Crippen molar-refractivity contribution in [1.82, 2.24) is 15.0 Å². The molecule has 174 valence electrons. The van der Waals surface area contributed by atoms with Crippen LogP contribution in [0.25, 0.3) is 12.2 Å². The third kappa shape index (κ3) is 6.58. The Kier molecular flexibility index (Phi) is 8.04. The summed E-state index contributed by atoms with van der Waals surface area (Å²) in [4.78, 5) is 6.45. The molecule has 0 spiro atoms. The number of hydrogen-bond donors (Lipinski definition) is 1. The highest BCUT2D eigenvalue weighted by Crippen LogP contribution is 2.32. The number of aliphatic hydroxyl groups is 1. The maximum Gasteiger partial charge on any atom is 0.250 e. The van der Waals surface area contributed by atoms with Crippen LogP contribution in [0.15, 0.2) is 47.0 Å². The van der Waals surface area contributed by atoms with Gasteiger partial charge in [0.15, 0.2) is 5.82 Å². The molecule has 8 heteroatoms. The number of halogens is 2. The molecule has 0 aliphatic carbocycles. The first-order valence-corrected chi connectivity index (χ1v) is 11.8. The molecular weight excluding hydrogens is 461 g/mol. The molecule has 0 amide bonds. The molecule has 1 atom stereocenters. The van der Waals surface area contributed by atoms with Crippen LogP contribution in [-0.4, -0.2) is 52.5 Å². The Hall–Kier alpha value is -2.38. The number of likely N-dealkylation sites (tertiary alicyclic amines) is 1. The van der Waals surface area contributed by atoms with Gasteiger partial charge in [-0.05, 0) is 68.6 Å². The first kappa shape index (κ1) is 23.8. The molecule has 2 aromatic carbocycles. The van der Waals surface area contributed by atoms with Gasteiger partial charge in [0, 0.05) is 18.2 Å². The highest BCUT2D eigenvalue weighted by atomic mass is 35.5. The van der Waals surface area contributed by atoms with Crippen molar-refractivity contribution >= 4 is 35.4 Å². The van der Waals surface area contributed by atoms with Crippen molar-refractivity contribution in [3.05, 3.63) is 75.4 Å². The molecule has 4 rings (SSSR count). The maximum atomic E-state index is 10.6. The van der Waals surface area contributed by atoms with Crippen LogP contribution in [0.5, 0.6) is 5.75 Å². The van der Waals surface area contributed by atoms with E-state index in [-0.39, 0.29) is 6.61 Å². The van der Waals surface area contributed by atoms with E-state index in [1.54, 1.807) is 13.0 Å². The fourth-order valence-corrected chi connectivity index (χ4v) is 4.35. The molecule has 0 unspecified atom stereocenters. The Morgan fingerprint density at radius 2 is 1.94 bits per heavy atom. The fraction of sp³-hybridized carbons (Fsp3) is 0.360. The van der Waals surface area contributed by atoms with Gasteiger partial charge in [0.1, 0.15) is 18.5 Å². The van der Waals surface area contributed by atoms with Gasteiger partial charge in [0.2, 0.25) is 0 Å². The summed E-state index contributed by atoms with van der Waals surface area (Å²) in [6.07, 6.45) is 5.07. The van der Waals surface area contributed by atoms with E-state index in [1.165, 1.54) is 5.56 Å². The second-order valence-corrected chi connectivity index (χ2v) is 9.08. The lowest BCUT2D eigenvalue weighted by Crippen LogP contribution is -2.40. The lowest BCUT2D eigenvalue weighted by molar-refractivity contribution is 0.0594. The zero-order valence-corrected chi connectivity index (χ0v) is 20.0. The molecule has 6 nitrogen and oxygen atoms in total. The van der Waals surface area contributed by atoms with Crippen LogP contribution >= 0.6 is 23.2 Å². The normalized spacial score (nSPS) is 16.4. The first-order valence-electron chi connectivity index (χ1n) is 11.0. The average Bonchev–Trinajstić information content (AvgIpc) is 3.24. The van der Waals surface area contributed by atoms with Gasteiger partial charge in [-0.2, -0.15) is 4.98 Å². The molecule has 0 bridgehead atoms. The van der Waals surface area contributed by atoms with Crippen LogP contribution in [0.4, 0.5) is 0 Å². The van der Waals surface area contributed by atoms with E-state index < -0.39 is 6.10 Å². The number of nitrogens with zero attached hydrogens (tertiary/aromatic N) is 3. The second kappa shape index (κ2) is 11.2. The summed E-state index contributed by atoms with van der Waals surface area (Å²) < 4.78 is 11.0. The number of β-amino-alcohol motifs (C(OH)–C–C–N with tert-alkyl or cyclic N) is 1. The molecular formula is C25H27Cl2N3O3. The molecule has 2 heterocycles. The van der Waals surface area contributed by atoms with Gasteiger partial charge in [0.05, 0.1) is 10.0 Å². The van der Waals surface area contributed by atoms with E-state index in [2.05, 4.69) is 21.1 Å². The SMILES string of the molecule is Cc1noc(C=Cc2ccccc2OC[C@@H](O)CN2CCC(c3ccc(Cl)c(Cl)c3)CC2)n1. The van der Waals surface area contributed by atoms with Crippen molar-refractivity contribution in [2.24, 2.45) is 0 Å². The number of ether oxygens (including phenoxy) is 1. The molecule has 1 saturated heterocycles. The number of benzene rings is 2. The van der Waals surface area contributed by atoms with E-state index in [9.17, 15) is 5.11 Å². The van der Waals surface area contributed by atoms with E-state index in [4.69, 9.17) is 32.5 Å². The predicted octanol–water partition coefficient (Wildman–Crippen LogP) is 5.47. The summed E-state index contributed by atoms with van der Waals surface area (Å²) in [5, 5.41) is 15.5. The average molecular weight is 488 g/mol. The summed E-state index contributed by atoms with van der Waals surface area (Å²) in [5.41, 5.74) is 2.11. The molecule has 1 aliphatic heterocycles. The van der Waals surface area contributed by atoms with Crippen molar-refractivity contribution in [1.29, 1.82) is 0 Å². The van der Waals surface area contributed by atoms with Gasteiger partial charge in [-0.3, -0.25) is 0 Å². The van der Waals surface area contributed by atoms with E-state index in [0.717, 1.165) is 31.5 Å². The molecule has 3 aromatic rings. The van der Waals surface area contributed by atoms with Gasteiger partial charge in [0.25, 0.3) is 5.89 Å². The highest BCUT2D eigenvalue weighted by Gasteiger charge is 2.23. The second-order valence-electron chi connectivity index (χ2n) is 8.26. The minimum Gasteiger partial charge on any atom is -0.490 e. The smallest absolute Gasteiger partial charge is 0.250 e. The van der Waals surface area contributed by atoms with Gasteiger partial charge in [-0.15, -0.1) is 0 Å². The Labute approximate surface area is 203 Å². The summed E-state index contributed by atoms with van der Waals surface area (Å²) in [6, 6.07) is 13.6. The zero-order chi connectivity index (χ0) is 23.2. The largest absolute Gasteiger partial charge is 0.490 e. The number of rotatable bonds is 8. The standard InChI is InChI=1S/C25H27Cl2N3O3/c1-17-28-25(33-29-17)9-7-19-4-2-3-5-24(19)32-16-21(31)15-30-12-10-18(11-13-30)20-6-8-22(26)23(27)14-20/h2-9,14,18,21,31H,10-13,15-16H2,1H3/t21-/m0/s1. The van der Waals surface area contributed by atoms with Crippen LogP contribution < -0.4 is 4.74 Å². The third-order valence-electron chi connectivity index (χ3n) is 5.77. The number of aryl methyl sites for hydroxylation is 1. The van der Waals surface area contributed by atoms with Crippen molar-refractivity contribution in [3.8, 4) is 5.75 Å². The summed E-state index contributed by atoms with van der Waals surface area (Å²) in [7, 11) is 0. The number of piperidine rings is 1. The van der Waals surface area contributed by atoms with Crippen LogP contribution in [0.3, 0.4) is 0 Å². The Balaban J connectivity index is 1.26. The number of aromatic nitrogens is 2. The molecule has 0 saturated carbocycles. The van der Waals surface area contributed by atoms with E-state index in [0.29, 0.717) is 40.0 Å². The molecule has 1 aliphatic rings. The molecule has 1 aromatic heterocycles. The minimum atomic E-state index is -0.581. The van der Waals surface area contributed by atoms with Gasteiger partial charge in [-0.1, -0.05) is 52.6 Å². The monoisotopic (exact) mass is 487 g/mol. The first-order chi connectivity index (χ1) is 16.0. The van der Waals surface area contributed by atoms with Gasteiger partial charge in [-0.25, -0.2) is 0 Å². The Bertz CT molecular complexity index is 1090. The topological polar surface area (TPSA) is 71.6 Å². The third-order valence-corrected chi connectivity index (χ3v) is 6.51. The number of para-hydroxylation sites is 1. The van der Waals surface area contributed by atoms with Crippen molar-refractivity contribution in [2.75, 3.05) is 26.2 Å². The number of hydrogen-bond acceptors (Lipinski definition) is 6. The predicted molar refractivity (Wildman–Crippen MR) is 131 cm³/mol. The van der Waals surface area contributed by atoms with E-state index >= 15 is 0 Å². The van der Waals surface area contributed by atoms with Crippen LogP contribution in [0.2, 0.25) is 10.0 Å². The van der Waals surface area contributed by atoms with Crippen LogP contribution in [0, 0.1) is 6.92 Å². The fourth-order valence-electron chi connectivity index (χ4n) is 4.04. The van der Waals surface area contributed by atoms with Crippen molar-refractivity contribution in [2.45, 2.75) is 31.8 Å². The molecule has 0 radical (unpaired) electrons. The summed E-state index contributed by atoms with van der Waals surface area (Å²) in [5.74, 6) is 2.18. The maximum absolute atomic E-state index is 10.6. The minimum absolute atomic E-state index is 0.219. The quantitative estimate of drug-likeness (QED) is 0.453. The number of aliphatic hydroxyl groups excluding tert-OH is 1. The van der Waals surface area contributed by atoms with Gasteiger partial charge < -0.3 is 19.3 Å².